The zero-order valence-electron chi connectivity index (χ0n) is 24.8. The van der Waals surface area contributed by atoms with E-state index in [9.17, 15) is 39.9 Å². The number of aliphatic hydroxyl groups excluding tert-OH is 3. The molecule has 1 heterocycles. The Morgan fingerprint density at radius 3 is 2.19 bits per heavy atom. The average molecular weight is 587 g/mol. The van der Waals surface area contributed by atoms with Gasteiger partial charge in [0.2, 0.25) is 11.7 Å². The number of aliphatic hydroxyl groups is 4. The van der Waals surface area contributed by atoms with Gasteiger partial charge >= 0.3 is 0 Å². The molecular weight excluding hydrogens is 544 g/mol. The monoisotopic (exact) mass is 586 g/mol. The number of Topliss-reactive ketones (excluding diaryl/α,β-unsaturated/α-hetero) is 2. The topological polar surface area (TPSA) is 206 Å². The Kier molecular flexibility index (Phi) is 7.06. The molecule has 1 saturated heterocycles. The van der Waals surface area contributed by atoms with Crippen molar-refractivity contribution >= 4 is 28.9 Å². The first-order valence-electron chi connectivity index (χ1n) is 14.3. The lowest BCUT2D eigenvalue weighted by Gasteiger charge is -2.55. The van der Waals surface area contributed by atoms with Gasteiger partial charge in [-0.1, -0.05) is 6.07 Å². The first-order chi connectivity index (χ1) is 19.3. The van der Waals surface area contributed by atoms with Crippen LogP contribution in [0.15, 0.2) is 17.7 Å². The Labute approximate surface area is 244 Å². The van der Waals surface area contributed by atoms with Gasteiger partial charge in [0.25, 0.3) is 0 Å². The molecule has 1 aromatic rings. The van der Waals surface area contributed by atoms with Crippen LogP contribution in [-0.4, -0.2) is 103 Å². The summed E-state index contributed by atoms with van der Waals surface area (Å²) in [5.41, 5.74) is 2.49. The molecule has 7 atom stereocenters. The van der Waals surface area contributed by atoms with Crippen LogP contribution in [0.3, 0.4) is 0 Å². The second kappa shape index (κ2) is 9.75. The Hall–Kier alpha value is -3.03. The van der Waals surface area contributed by atoms with Gasteiger partial charge in [-0.2, -0.15) is 0 Å². The van der Waals surface area contributed by atoms with E-state index in [0.717, 1.165) is 12.8 Å². The summed E-state index contributed by atoms with van der Waals surface area (Å²) in [5.74, 6) is -9.15. The Bertz CT molecular complexity index is 1370. The Morgan fingerprint density at radius 2 is 1.64 bits per heavy atom. The van der Waals surface area contributed by atoms with Crippen molar-refractivity contribution in [1.82, 2.24) is 10.2 Å². The van der Waals surface area contributed by atoms with Crippen molar-refractivity contribution in [2.24, 2.45) is 23.5 Å². The molecule has 1 aromatic carbocycles. The molecule has 2 saturated carbocycles. The second-order valence-corrected chi connectivity index (χ2v) is 14.0. The number of anilines is 1. The Morgan fingerprint density at radius 1 is 1.05 bits per heavy atom. The highest BCUT2D eigenvalue weighted by atomic mass is 16.3. The molecule has 5 rings (SSSR count). The minimum absolute atomic E-state index is 0.0130. The first kappa shape index (κ1) is 30.4. The fraction of sp³-hybridized carbons (Fsp3) is 0.633. The molecule has 1 aliphatic heterocycles. The second-order valence-electron chi connectivity index (χ2n) is 14.0. The highest BCUT2D eigenvalue weighted by Gasteiger charge is 2.70. The predicted octanol–water partition coefficient (Wildman–Crippen LogP) is -0.179. The van der Waals surface area contributed by atoms with Gasteiger partial charge in [-0.3, -0.25) is 14.4 Å². The number of amides is 1. The van der Waals surface area contributed by atoms with Crippen LogP contribution in [-0.2, 0) is 20.8 Å². The number of hydrogen-bond donors (Lipinski definition) is 8. The fourth-order valence-electron chi connectivity index (χ4n) is 8.35. The number of likely N-dealkylation sites (N-methyl/N-ethyl adjacent to an activating group) is 1. The van der Waals surface area contributed by atoms with Gasteiger partial charge in [-0.05, 0) is 72.7 Å². The molecular formula is C30H42N4O8. The number of nitrogens with zero attached hydrogens (tertiary/aromatic N) is 1. The number of benzene rings is 1. The van der Waals surface area contributed by atoms with E-state index < -0.39 is 70.4 Å². The number of carbonyl (C=O) groups is 3. The van der Waals surface area contributed by atoms with Crippen molar-refractivity contribution in [2.75, 3.05) is 19.4 Å². The molecule has 12 heteroatoms. The van der Waals surface area contributed by atoms with Crippen LogP contribution in [0.4, 0.5) is 5.69 Å². The number of hydrogen-bond acceptors (Lipinski definition) is 11. The molecule has 4 aliphatic rings. The summed E-state index contributed by atoms with van der Waals surface area (Å²) < 4.78 is 0. The van der Waals surface area contributed by atoms with Gasteiger partial charge in [0, 0.05) is 40.6 Å². The van der Waals surface area contributed by atoms with Crippen molar-refractivity contribution in [3.8, 4) is 5.75 Å². The number of fused-ring (bicyclic) bond motifs is 3. The van der Waals surface area contributed by atoms with Gasteiger partial charge in [0.15, 0.2) is 11.4 Å². The van der Waals surface area contributed by atoms with E-state index in [2.05, 4.69) is 38.3 Å². The van der Waals surface area contributed by atoms with Crippen LogP contribution in [0.2, 0.25) is 0 Å². The summed E-state index contributed by atoms with van der Waals surface area (Å²) in [5, 5.41) is 64.2. The molecule has 9 N–H and O–H groups in total. The highest BCUT2D eigenvalue weighted by Crippen LogP contribution is 2.53. The maximum Gasteiger partial charge on any atom is 0.230 e. The number of carbonyl (C=O) groups excluding carboxylic acids is 3. The van der Waals surface area contributed by atoms with Crippen molar-refractivity contribution in [3.63, 3.8) is 0 Å². The van der Waals surface area contributed by atoms with E-state index in [0.29, 0.717) is 11.3 Å². The molecule has 0 aromatic heterocycles. The number of phenols is 1. The summed E-state index contributed by atoms with van der Waals surface area (Å²) in [6.45, 7) is 8.38. The molecule has 0 bridgehead atoms. The maximum atomic E-state index is 14.0. The lowest BCUT2D eigenvalue weighted by molar-refractivity contribution is -0.198. The van der Waals surface area contributed by atoms with Crippen molar-refractivity contribution in [1.29, 1.82) is 0 Å². The van der Waals surface area contributed by atoms with E-state index >= 15 is 0 Å². The quantitative estimate of drug-likeness (QED) is 0.172. The number of aromatic hydroxyl groups is 1. The molecule has 0 spiro atoms. The van der Waals surface area contributed by atoms with E-state index in [1.165, 1.54) is 19.0 Å². The number of ketones is 2. The van der Waals surface area contributed by atoms with E-state index in [1.807, 2.05) is 0 Å². The minimum atomic E-state index is -2.94. The molecule has 3 aliphatic carbocycles. The third kappa shape index (κ3) is 4.43. The van der Waals surface area contributed by atoms with Crippen LogP contribution < -0.4 is 16.4 Å². The largest absolute Gasteiger partial charge is 0.507 e. The number of rotatable bonds is 4. The summed E-state index contributed by atoms with van der Waals surface area (Å²) >= 11 is 0. The zero-order chi connectivity index (χ0) is 31.3. The normalized spacial score (nSPS) is 35.9. The first-order valence-corrected chi connectivity index (χ1v) is 14.3. The molecule has 12 nitrogen and oxygen atoms in total. The Balaban J connectivity index is 1.59. The van der Waals surface area contributed by atoms with Gasteiger partial charge < -0.3 is 46.8 Å². The van der Waals surface area contributed by atoms with Gasteiger partial charge in [-0.15, -0.1) is 0 Å². The molecule has 230 valence electrons. The highest BCUT2D eigenvalue weighted by molar-refractivity contribution is 6.25. The SMILES string of the molecule is CN(C)[C@H]1C(O)C(C(N)=O)C(=O)[C@]2(O)C(=O)C3=C(O)c4c(ccc(NC5CC(C)(C)NC(C)(C)C5)c4O)C[C@@H]3[C@@H](O)[C@H]12. The molecule has 1 amide bonds. The van der Waals surface area contributed by atoms with Crippen molar-refractivity contribution < 1.29 is 39.9 Å². The van der Waals surface area contributed by atoms with Crippen LogP contribution in [0.1, 0.15) is 51.7 Å². The fourth-order valence-corrected chi connectivity index (χ4v) is 8.35. The lowest BCUT2D eigenvalue weighted by atomic mass is 9.53. The van der Waals surface area contributed by atoms with Gasteiger partial charge in [0.05, 0.1) is 23.5 Å². The lowest BCUT2D eigenvalue weighted by Crippen LogP contribution is -2.76. The summed E-state index contributed by atoms with van der Waals surface area (Å²) in [7, 11) is 3.05. The van der Waals surface area contributed by atoms with Crippen molar-refractivity contribution in [3.05, 3.63) is 28.8 Å². The molecule has 0 radical (unpaired) electrons. The van der Waals surface area contributed by atoms with Crippen molar-refractivity contribution in [2.45, 2.75) is 87.9 Å². The predicted molar refractivity (Wildman–Crippen MR) is 153 cm³/mol. The third-order valence-corrected chi connectivity index (χ3v) is 9.59. The van der Waals surface area contributed by atoms with E-state index in [4.69, 9.17) is 5.73 Å². The van der Waals surface area contributed by atoms with Gasteiger partial charge in [-0.25, -0.2) is 0 Å². The maximum absolute atomic E-state index is 14.0. The standard InChI is InChI=1S/C30H42N4O8/c1-28(2)10-13(11-29(3,4)33-28)32-15-8-7-12-9-14-17(23(37)16(12)22(15)36)25(39)30(42)19(21(14)35)20(34(5)6)24(38)18(26(30)40)27(31)41/h7-8,13-14,18-21,24,32-33,35-38,42H,9-11H2,1-6H3,(H2,31,41)/t14-,18?,19-,20+,21+,24?,30+/m0/s1. The number of nitrogens with one attached hydrogen (secondary N) is 2. The third-order valence-electron chi connectivity index (χ3n) is 9.59. The summed E-state index contributed by atoms with van der Waals surface area (Å²) in [4.78, 5) is 41.2. The molecule has 42 heavy (non-hydrogen) atoms. The van der Waals surface area contributed by atoms with E-state index in [1.54, 1.807) is 12.1 Å². The number of piperidine rings is 1. The van der Waals surface area contributed by atoms with Crippen LogP contribution in [0.25, 0.3) is 5.76 Å². The number of phenolic OH excluding ortho intramolecular Hbond substituents is 1. The smallest absolute Gasteiger partial charge is 0.230 e. The minimum Gasteiger partial charge on any atom is -0.507 e. The molecule has 3 fully saturated rings. The van der Waals surface area contributed by atoms with Crippen LogP contribution in [0.5, 0.6) is 5.75 Å². The summed E-state index contributed by atoms with van der Waals surface area (Å²) in [6.07, 6.45) is -1.74. The average Bonchev–Trinajstić information content (AvgIpc) is 2.83. The van der Waals surface area contributed by atoms with Gasteiger partial charge in [0.1, 0.15) is 17.4 Å². The van der Waals surface area contributed by atoms with E-state index in [-0.39, 0.29) is 34.9 Å². The van der Waals surface area contributed by atoms with Crippen LogP contribution in [0, 0.1) is 17.8 Å². The zero-order valence-corrected chi connectivity index (χ0v) is 24.8. The molecule has 2 unspecified atom stereocenters. The number of nitrogens with two attached hydrogens (primary N) is 1. The van der Waals surface area contributed by atoms with Crippen LogP contribution >= 0.6 is 0 Å². The number of primary amides is 1. The summed E-state index contributed by atoms with van der Waals surface area (Å²) in [6, 6.07) is 2.18.